The van der Waals surface area contributed by atoms with Gasteiger partial charge in [-0.25, -0.2) is 14.4 Å². The van der Waals surface area contributed by atoms with Crippen molar-refractivity contribution in [2.75, 3.05) is 23.8 Å². The maximum atomic E-state index is 14.3. The zero-order valence-electron chi connectivity index (χ0n) is 15.8. The Balaban J connectivity index is 1.58. The Morgan fingerprint density at radius 3 is 3.00 bits per heavy atom. The van der Waals surface area contributed by atoms with Gasteiger partial charge in [0.1, 0.15) is 22.8 Å². The molecule has 2 aliphatic rings. The fraction of sp³-hybridized carbons (Fsp3) is 0.263. The molecule has 0 bridgehead atoms. The largest absolute Gasteiger partial charge is 0.392 e. The lowest BCUT2D eigenvalue weighted by Crippen LogP contribution is -2.35. The molecule has 1 fully saturated rings. The highest BCUT2D eigenvalue weighted by molar-refractivity contribution is 8.00. The van der Waals surface area contributed by atoms with Crippen molar-refractivity contribution in [3.8, 4) is 0 Å². The normalized spacial score (nSPS) is 20.5. The van der Waals surface area contributed by atoms with Crippen LogP contribution in [0.15, 0.2) is 38.9 Å². The maximum absolute atomic E-state index is 14.3. The molecule has 3 aromatic heterocycles. The molecule has 1 aliphatic carbocycles. The van der Waals surface area contributed by atoms with E-state index in [9.17, 15) is 9.50 Å². The van der Waals surface area contributed by atoms with Crippen LogP contribution in [-0.4, -0.2) is 50.0 Å². The molecule has 0 radical (unpaired) electrons. The molecule has 1 saturated carbocycles. The van der Waals surface area contributed by atoms with E-state index in [0.717, 1.165) is 20.6 Å². The van der Waals surface area contributed by atoms with E-state index in [1.54, 1.807) is 12.6 Å². The number of hydrogen-bond acceptors (Lipinski definition) is 9. The number of nitrogens with one attached hydrogen (secondary N) is 2. The van der Waals surface area contributed by atoms with E-state index in [-0.39, 0.29) is 17.8 Å². The summed E-state index contributed by atoms with van der Waals surface area (Å²) in [5.41, 5.74) is 4.94. The molecule has 1 unspecified atom stereocenters. The first-order chi connectivity index (χ1) is 14.6. The summed E-state index contributed by atoms with van der Waals surface area (Å²) in [6.45, 7) is 0.645. The minimum Gasteiger partial charge on any atom is -0.392 e. The third-order valence-electron chi connectivity index (χ3n) is 5.65. The smallest absolute Gasteiger partial charge is 0.198 e. The molecule has 0 amide bonds. The van der Waals surface area contributed by atoms with Gasteiger partial charge in [0.2, 0.25) is 0 Å². The number of benzene rings is 1. The minimum atomic E-state index is -0.332. The zero-order chi connectivity index (χ0) is 20.4. The lowest BCUT2D eigenvalue weighted by molar-refractivity contribution is 0.0844. The number of anilines is 2. The van der Waals surface area contributed by atoms with E-state index < -0.39 is 0 Å². The Morgan fingerprint density at radius 1 is 1.37 bits per heavy atom. The van der Waals surface area contributed by atoms with Gasteiger partial charge in [-0.3, -0.25) is 0 Å². The monoisotopic (exact) mass is 441 g/mol. The number of nitrogens with zero attached hydrogens (tertiary/aromatic N) is 5. The number of rotatable bonds is 4. The van der Waals surface area contributed by atoms with Crippen LogP contribution in [0.3, 0.4) is 0 Å². The lowest BCUT2D eigenvalue weighted by Gasteiger charge is -2.31. The van der Waals surface area contributed by atoms with Gasteiger partial charge in [0.05, 0.1) is 22.7 Å². The van der Waals surface area contributed by atoms with Gasteiger partial charge in [-0.2, -0.15) is 0 Å². The minimum absolute atomic E-state index is 0.129. The molecule has 4 heterocycles. The molecule has 4 aromatic rings. The van der Waals surface area contributed by atoms with E-state index in [1.807, 2.05) is 4.90 Å². The Kier molecular flexibility index (Phi) is 3.98. The summed E-state index contributed by atoms with van der Waals surface area (Å²) in [6.07, 6.45) is 2.43. The second-order valence-corrected chi connectivity index (χ2v) is 9.39. The molecular weight excluding hydrogens is 425 g/mol. The first-order valence-corrected chi connectivity index (χ1v) is 11.1. The number of aliphatic hydroxyl groups is 1. The van der Waals surface area contributed by atoms with Crippen molar-refractivity contribution in [3.63, 3.8) is 0 Å². The Labute approximate surface area is 178 Å². The topological polar surface area (TPSA) is 103 Å². The molecule has 6 rings (SSSR count). The first-order valence-electron chi connectivity index (χ1n) is 9.40. The predicted octanol–water partition coefficient (Wildman–Crippen LogP) is 3.38. The van der Waals surface area contributed by atoms with Crippen molar-refractivity contribution >= 4 is 56.5 Å². The summed E-state index contributed by atoms with van der Waals surface area (Å²) in [7, 11) is 1.76. The van der Waals surface area contributed by atoms with Gasteiger partial charge in [-0.05, 0) is 35.9 Å². The van der Waals surface area contributed by atoms with Gasteiger partial charge in [0.25, 0.3) is 0 Å². The third kappa shape index (κ3) is 2.69. The zero-order valence-corrected chi connectivity index (χ0v) is 17.4. The second-order valence-electron chi connectivity index (χ2n) is 7.35. The van der Waals surface area contributed by atoms with Crippen LogP contribution < -0.4 is 10.2 Å². The molecule has 1 aliphatic heterocycles. The van der Waals surface area contributed by atoms with Crippen molar-refractivity contribution in [2.24, 2.45) is 5.92 Å². The number of H-pyrrole nitrogens is 1. The Morgan fingerprint density at radius 2 is 2.27 bits per heavy atom. The standard InChI is InChI=1S/C19H16FN7OS2/c1-21-12-4-9(20)3-10-14-16(23-15(10)12)24-18(30-19-26-22-7-29-19)25-17(14)27-5-8-2-13(28)11(8)6-27/h3-5,7,11,13,21,28H,2,6H2,1H3,(H,23,24,25)/t11?,13-/m1/s1. The summed E-state index contributed by atoms with van der Waals surface area (Å²) in [6, 6.07) is 2.96. The van der Waals surface area contributed by atoms with Crippen molar-refractivity contribution in [2.45, 2.75) is 22.0 Å². The SMILES string of the molecule is CNc1cc(F)cc2c1[nH]c1nc(Sc3nncs3)nc(N3C=C4C[C@@H](O)C4C3)c12. The number of aromatic nitrogens is 5. The van der Waals surface area contributed by atoms with E-state index in [1.165, 1.54) is 40.8 Å². The van der Waals surface area contributed by atoms with Gasteiger partial charge in [-0.15, -0.1) is 10.2 Å². The van der Waals surface area contributed by atoms with Crippen LogP contribution in [0.2, 0.25) is 0 Å². The van der Waals surface area contributed by atoms with Crippen LogP contribution >= 0.6 is 23.1 Å². The molecule has 11 heteroatoms. The summed E-state index contributed by atoms with van der Waals surface area (Å²) < 4.78 is 15.1. The highest BCUT2D eigenvalue weighted by Crippen LogP contribution is 2.44. The third-order valence-corrected chi connectivity index (χ3v) is 7.29. The first kappa shape index (κ1) is 18.0. The average Bonchev–Trinajstić information content (AvgIpc) is 3.44. The van der Waals surface area contributed by atoms with Gasteiger partial charge in [0.15, 0.2) is 9.50 Å². The van der Waals surface area contributed by atoms with Crippen LogP contribution in [0, 0.1) is 11.7 Å². The van der Waals surface area contributed by atoms with Gasteiger partial charge in [0, 0.05) is 31.1 Å². The Bertz CT molecular complexity index is 1320. The maximum Gasteiger partial charge on any atom is 0.198 e. The predicted molar refractivity (Wildman–Crippen MR) is 114 cm³/mol. The van der Waals surface area contributed by atoms with E-state index >= 15 is 0 Å². The van der Waals surface area contributed by atoms with Crippen LogP contribution in [0.25, 0.3) is 21.9 Å². The molecule has 0 spiro atoms. The van der Waals surface area contributed by atoms with Crippen LogP contribution in [0.5, 0.6) is 0 Å². The highest BCUT2D eigenvalue weighted by atomic mass is 32.2. The summed E-state index contributed by atoms with van der Waals surface area (Å²) in [5.74, 6) is 0.491. The van der Waals surface area contributed by atoms with Crippen molar-refractivity contribution in [1.29, 1.82) is 0 Å². The number of aliphatic hydroxyl groups excluding tert-OH is 1. The van der Waals surface area contributed by atoms with Gasteiger partial charge in [-0.1, -0.05) is 11.3 Å². The fourth-order valence-corrected chi connectivity index (χ4v) is 5.52. The second kappa shape index (κ2) is 6.62. The van der Waals surface area contributed by atoms with E-state index in [2.05, 4.69) is 31.7 Å². The summed E-state index contributed by atoms with van der Waals surface area (Å²) >= 11 is 2.76. The number of hydrogen-bond donors (Lipinski definition) is 3. The molecule has 0 saturated heterocycles. The van der Waals surface area contributed by atoms with E-state index in [0.29, 0.717) is 35.3 Å². The van der Waals surface area contributed by atoms with E-state index in [4.69, 9.17) is 4.98 Å². The van der Waals surface area contributed by atoms with Crippen molar-refractivity contribution < 1.29 is 9.50 Å². The molecule has 3 N–H and O–H groups in total. The molecule has 30 heavy (non-hydrogen) atoms. The molecule has 152 valence electrons. The lowest BCUT2D eigenvalue weighted by atomic mass is 9.79. The molecular formula is C19H16FN7OS2. The van der Waals surface area contributed by atoms with Crippen LogP contribution in [0.1, 0.15) is 6.42 Å². The summed E-state index contributed by atoms with van der Waals surface area (Å²) in [5, 5.41) is 23.1. The van der Waals surface area contributed by atoms with Crippen LogP contribution in [0.4, 0.5) is 15.9 Å². The van der Waals surface area contributed by atoms with Crippen molar-refractivity contribution in [3.05, 3.63) is 35.2 Å². The number of fused-ring (bicyclic) bond motifs is 4. The van der Waals surface area contributed by atoms with Crippen molar-refractivity contribution in [1.82, 2.24) is 25.1 Å². The quantitative estimate of drug-likeness (QED) is 0.414. The number of aromatic amines is 1. The fourth-order valence-electron chi connectivity index (χ4n) is 4.18. The molecule has 2 atom stereocenters. The van der Waals surface area contributed by atoms with Crippen LogP contribution in [-0.2, 0) is 0 Å². The highest BCUT2D eigenvalue weighted by Gasteiger charge is 2.41. The average molecular weight is 442 g/mol. The van der Waals surface area contributed by atoms with Gasteiger partial charge >= 0.3 is 0 Å². The molecule has 1 aromatic carbocycles. The number of halogens is 1. The molecule has 8 nitrogen and oxygen atoms in total. The summed E-state index contributed by atoms with van der Waals surface area (Å²) in [4.78, 5) is 14.9. The Hall–Kier alpha value is -2.76. The van der Waals surface area contributed by atoms with Gasteiger partial charge < -0.3 is 20.3 Å².